The van der Waals surface area contributed by atoms with Crippen molar-refractivity contribution < 1.29 is 23.9 Å². The van der Waals surface area contributed by atoms with Gasteiger partial charge in [-0.2, -0.15) is 4.37 Å². The molecule has 1 unspecified atom stereocenters. The zero-order chi connectivity index (χ0) is 28.5. The number of benzene rings is 2. The number of carbonyl (C=O) groups is 3. The lowest BCUT2D eigenvalue weighted by Crippen LogP contribution is -2.47. The average molecular weight is 573 g/mol. The smallest absolute Gasteiger partial charge is 0.273 e. The van der Waals surface area contributed by atoms with E-state index in [1.54, 1.807) is 30.5 Å². The third-order valence-corrected chi connectivity index (χ3v) is 8.26. The van der Waals surface area contributed by atoms with Crippen LogP contribution in [-0.2, 0) is 4.79 Å². The summed E-state index contributed by atoms with van der Waals surface area (Å²) in [5.41, 5.74) is 13.0. The van der Waals surface area contributed by atoms with Crippen molar-refractivity contribution in [2.24, 2.45) is 5.73 Å². The highest BCUT2D eigenvalue weighted by molar-refractivity contribution is 7.09. The molecule has 1 aliphatic carbocycles. The Kier molecular flexibility index (Phi) is 7.14. The molecule has 5 N–H and O–H groups in total. The highest BCUT2D eigenvalue weighted by atomic mass is 32.1. The van der Waals surface area contributed by atoms with Crippen LogP contribution in [0.15, 0.2) is 54.7 Å². The van der Waals surface area contributed by atoms with Gasteiger partial charge in [-0.1, -0.05) is 31.4 Å². The summed E-state index contributed by atoms with van der Waals surface area (Å²) in [6.45, 7) is 0.0414. The molecule has 2 aromatic carbocycles. The van der Waals surface area contributed by atoms with Crippen LogP contribution in [0.4, 0.5) is 11.4 Å². The van der Waals surface area contributed by atoms with E-state index in [4.69, 9.17) is 20.9 Å². The van der Waals surface area contributed by atoms with Crippen molar-refractivity contribution in [3.63, 3.8) is 0 Å². The van der Waals surface area contributed by atoms with E-state index in [1.807, 2.05) is 24.3 Å². The second-order valence-corrected chi connectivity index (χ2v) is 10.8. The number of ether oxygens (including phenoxy) is 2. The highest BCUT2D eigenvalue weighted by Gasteiger charge is 2.37. The molecule has 41 heavy (non-hydrogen) atoms. The SMILES string of the molecule is NC(=O)c1nsc(C(=O)N(c2ccc3c(c2)OCO3)C(C(=O)NC2CCCCC2)c2ccc3ncccc3c2)c1N. The number of nitrogens with zero attached hydrogens (tertiary/aromatic N) is 3. The first-order valence-corrected chi connectivity index (χ1v) is 14.1. The normalized spacial score (nSPS) is 15.4. The molecule has 0 bridgehead atoms. The van der Waals surface area contributed by atoms with E-state index >= 15 is 0 Å². The van der Waals surface area contributed by atoms with Crippen molar-refractivity contribution in [1.29, 1.82) is 0 Å². The topological polar surface area (TPSA) is 163 Å². The summed E-state index contributed by atoms with van der Waals surface area (Å²) in [4.78, 5) is 46.3. The van der Waals surface area contributed by atoms with Gasteiger partial charge in [0.05, 0.1) is 11.2 Å². The minimum Gasteiger partial charge on any atom is -0.454 e. The fourth-order valence-electron chi connectivity index (χ4n) is 5.37. The number of primary amides is 1. The first kappa shape index (κ1) is 26.5. The molecule has 210 valence electrons. The molecule has 12 heteroatoms. The minimum atomic E-state index is -1.10. The molecule has 1 saturated carbocycles. The van der Waals surface area contributed by atoms with Crippen molar-refractivity contribution in [1.82, 2.24) is 14.7 Å². The number of rotatable bonds is 7. The number of pyridine rings is 1. The lowest BCUT2D eigenvalue weighted by molar-refractivity contribution is -0.123. The summed E-state index contributed by atoms with van der Waals surface area (Å²) in [5.74, 6) is -0.842. The van der Waals surface area contributed by atoms with Crippen LogP contribution in [0.25, 0.3) is 10.9 Å². The second kappa shape index (κ2) is 11.0. The standard InChI is InChI=1S/C29H28N6O5S/c30-23-24(27(31)36)34-41-26(23)29(38)35(19-9-11-21-22(14-19)40-15-39-21)25(28(37)33-18-6-2-1-3-7-18)17-8-10-20-16(13-17)5-4-12-32-20/h4-5,8-14,18,25H,1-3,6-7,15,30H2,(H2,31,36)(H,33,37). The zero-order valence-corrected chi connectivity index (χ0v) is 22.9. The Morgan fingerprint density at radius 1 is 1.02 bits per heavy atom. The molecular formula is C29H28N6O5S. The van der Waals surface area contributed by atoms with Gasteiger partial charge in [-0.3, -0.25) is 24.3 Å². The van der Waals surface area contributed by atoms with Gasteiger partial charge < -0.3 is 26.3 Å². The summed E-state index contributed by atoms with van der Waals surface area (Å²) >= 11 is 0.759. The van der Waals surface area contributed by atoms with E-state index in [9.17, 15) is 14.4 Å². The molecule has 3 heterocycles. The number of carbonyl (C=O) groups excluding carboxylic acids is 3. The number of fused-ring (bicyclic) bond motifs is 2. The van der Waals surface area contributed by atoms with Crippen molar-refractivity contribution in [3.05, 3.63) is 70.9 Å². The van der Waals surface area contributed by atoms with E-state index in [0.717, 1.165) is 54.5 Å². The Hall–Kier alpha value is -4.71. The molecule has 4 aromatic rings. The number of hydrogen-bond acceptors (Lipinski definition) is 9. The number of aromatic nitrogens is 2. The van der Waals surface area contributed by atoms with E-state index in [2.05, 4.69) is 14.7 Å². The molecule has 0 radical (unpaired) electrons. The maximum Gasteiger partial charge on any atom is 0.273 e. The third kappa shape index (κ3) is 5.13. The van der Waals surface area contributed by atoms with E-state index in [1.165, 1.54) is 4.90 Å². The largest absolute Gasteiger partial charge is 0.454 e. The summed E-state index contributed by atoms with van der Waals surface area (Å²) in [6.07, 6.45) is 6.59. The molecule has 3 amide bonds. The fraction of sp³-hybridized carbons (Fsp3) is 0.276. The van der Waals surface area contributed by atoms with Crippen LogP contribution in [0.1, 0.15) is 63.9 Å². The Labute approximate surface area is 239 Å². The van der Waals surface area contributed by atoms with Crippen LogP contribution in [0.3, 0.4) is 0 Å². The van der Waals surface area contributed by atoms with Gasteiger partial charge in [0.15, 0.2) is 17.2 Å². The Balaban J connectivity index is 1.51. The number of nitrogens with two attached hydrogens (primary N) is 2. The number of amides is 3. The Morgan fingerprint density at radius 3 is 2.61 bits per heavy atom. The van der Waals surface area contributed by atoms with Crippen molar-refractivity contribution in [2.75, 3.05) is 17.4 Å². The van der Waals surface area contributed by atoms with Crippen molar-refractivity contribution in [3.8, 4) is 11.5 Å². The molecule has 1 atom stereocenters. The summed E-state index contributed by atoms with van der Waals surface area (Å²) in [5, 5.41) is 4.00. The van der Waals surface area contributed by atoms with Gasteiger partial charge in [-0.25, -0.2) is 0 Å². The lowest BCUT2D eigenvalue weighted by atomic mass is 9.94. The van der Waals surface area contributed by atoms with Crippen LogP contribution >= 0.6 is 11.5 Å². The lowest BCUT2D eigenvalue weighted by Gasteiger charge is -2.33. The van der Waals surface area contributed by atoms with Gasteiger partial charge in [-0.05, 0) is 60.3 Å². The quantitative estimate of drug-likeness (QED) is 0.300. The van der Waals surface area contributed by atoms with Gasteiger partial charge in [0.1, 0.15) is 10.9 Å². The van der Waals surface area contributed by atoms with Gasteiger partial charge in [0.2, 0.25) is 12.7 Å². The third-order valence-electron chi connectivity index (χ3n) is 7.41. The van der Waals surface area contributed by atoms with Crippen LogP contribution in [0.2, 0.25) is 0 Å². The van der Waals surface area contributed by atoms with Crippen molar-refractivity contribution >= 4 is 51.5 Å². The number of anilines is 2. The molecule has 6 rings (SSSR count). The maximum atomic E-state index is 14.4. The number of nitrogen functional groups attached to an aromatic ring is 1. The molecule has 2 aromatic heterocycles. The summed E-state index contributed by atoms with van der Waals surface area (Å²) in [7, 11) is 0. The summed E-state index contributed by atoms with van der Waals surface area (Å²) < 4.78 is 15.1. The Morgan fingerprint density at radius 2 is 1.83 bits per heavy atom. The van der Waals surface area contributed by atoms with Gasteiger partial charge in [0.25, 0.3) is 11.8 Å². The summed E-state index contributed by atoms with van der Waals surface area (Å²) in [6, 6.07) is 13.1. The molecule has 2 aliphatic rings. The van der Waals surface area contributed by atoms with Gasteiger partial charge in [0, 0.05) is 29.4 Å². The van der Waals surface area contributed by atoms with Crippen LogP contribution in [0, 0.1) is 0 Å². The zero-order valence-electron chi connectivity index (χ0n) is 22.0. The first-order chi connectivity index (χ1) is 19.9. The average Bonchev–Trinajstić information content (AvgIpc) is 3.61. The maximum absolute atomic E-state index is 14.4. The molecule has 1 aliphatic heterocycles. The number of nitrogens with one attached hydrogen (secondary N) is 1. The molecule has 0 saturated heterocycles. The van der Waals surface area contributed by atoms with E-state index in [0.29, 0.717) is 22.7 Å². The second-order valence-electron chi connectivity index (χ2n) is 10.1. The minimum absolute atomic E-state index is 0.00520. The molecule has 1 fully saturated rings. The molecule has 11 nitrogen and oxygen atoms in total. The van der Waals surface area contributed by atoms with Gasteiger partial charge >= 0.3 is 0 Å². The van der Waals surface area contributed by atoms with Crippen LogP contribution in [-0.4, -0.2) is 39.9 Å². The monoisotopic (exact) mass is 572 g/mol. The molecular weight excluding hydrogens is 544 g/mol. The van der Waals surface area contributed by atoms with Gasteiger partial charge in [-0.15, -0.1) is 0 Å². The highest BCUT2D eigenvalue weighted by Crippen LogP contribution is 2.40. The predicted octanol–water partition coefficient (Wildman–Crippen LogP) is 3.94. The fourth-order valence-corrected chi connectivity index (χ4v) is 6.11. The predicted molar refractivity (Wildman–Crippen MR) is 154 cm³/mol. The molecule has 0 spiro atoms. The first-order valence-electron chi connectivity index (χ1n) is 13.3. The van der Waals surface area contributed by atoms with Crippen LogP contribution in [0.5, 0.6) is 11.5 Å². The van der Waals surface area contributed by atoms with Crippen LogP contribution < -0.4 is 31.2 Å². The van der Waals surface area contributed by atoms with E-state index in [-0.39, 0.29) is 35.0 Å². The van der Waals surface area contributed by atoms with Crippen molar-refractivity contribution in [2.45, 2.75) is 44.2 Å². The number of hydrogen-bond donors (Lipinski definition) is 3. The van der Waals surface area contributed by atoms with E-state index < -0.39 is 17.9 Å². The Bertz CT molecular complexity index is 1650.